The van der Waals surface area contributed by atoms with Gasteiger partial charge in [0.25, 0.3) is 0 Å². The van der Waals surface area contributed by atoms with E-state index in [0.29, 0.717) is 6.54 Å². The van der Waals surface area contributed by atoms with E-state index < -0.39 is 0 Å². The predicted molar refractivity (Wildman–Crippen MR) is 95.7 cm³/mol. The van der Waals surface area contributed by atoms with E-state index in [1.807, 2.05) is 54.6 Å². The van der Waals surface area contributed by atoms with E-state index in [1.165, 1.54) is 0 Å². The fourth-order valence-electron chi connectivity index (χ4n) is 2.84. The molecule has 112 valence electrons. The molecule has 0 N–H and O–H groups in total. The third-order valence-electron chi connectivity index (χ3n) is 3.97. The summed E-state index contributed by atoms with van der Waals surface area (Å²) < 4.78 is 2.23. The monoisotopic (exact) mass is 318 g/mol. The van der Waals surface area contributed by atoms with E-state index in [-0.39, 0.29) is 0 Å². The largest absolute Gasteiger partial charge is 0.319 e. The number of fused-ring (bicyclic) bond motifs is 1. The van der Waals surface area contributed by atoms with Gasteiger partial charge in [0.1, 0.15) is 5.82 Å². The second-order valence-electron chi connectivity index (χ2n) is 5.47. The zero-order chi connectivity index (χ0) is 15.6. The van der Waals surface area contributed by atoms with Crippen LogP contribution in [0.3, 0.4) is 0 Å². The molecule has 1 aromatic heterocycles. The van der Waals surface area contributed by atoms with Crippen molar-refractivity contribution in [1.82, 2.24) is 9.55 Å². The highest BCUT2D eigenvalue weighted by Crippen LogP contribution is 2.27. The van der Waals surface area contributed by atoms with Crippen LogP contribution in [0.1, 0.15) is 5.56 Å². The van der Waals surface area contributed by atoms with Crippen LogP contribution in [0.5, 0.6) is 0 Å². The highest BCUT2D eigenvalue weighted by Gasteiger charge is 2.13. The Kier molecular flexibility index (Phi) is 3.60. The molecule has 0 atom stereocenters. The number of benzene rings is 3. The molecule has 0 radical (unpaired) electrons. The van der Waals surface area contributed by atoms with Crippen LogP contribution < -0.4 is 0 Å². The molecular weight excluding hydrogens is 304 g/mol. The Morgan fingerprint density at radius 3 is 2.30 bits per heavy atom. The Labute approximate surface area is 140 Å². The van der Waals surface area contributed by atoms with Gasteiger partial charge >= 0.3 is 0 Å². The average Bonchev–Trinajstić information content (AvgIpc) is 2.96. The number of imidazole rings is 1. The molecule has 23 heavy (non-hydrogen) atoms. The summed E-state index contributed by atoms with van der Waals surface area (Å²) in [6.45, 7) is 0.699. The second kappa shape index (κ2) is 5.90. The van der Waals surface area contributed by atoms with Crippen molar-refractivity contribution in [2.75, 3.05) is 0 Å². The van der Waals surface area contributed by atoms with Crippen LogP contribution in [0.2, 0.25) is 5.02 Å². The molecule has 0 spiro atoms. The second-order valence-corrected chi connectivity index (χ2v) is 5.87. The van der Waals surface area contributed by atoms with Gasteiger partial charge in [-0.05, 0) is 23.8 Å². The fraction of sp³-hybridized carbons (Fsp3) is 0.0500. The lowest BCUT2D eigenvalue weighted by Crippen LogP contribution is -2.02. The van der Waals surface area contributed by atoms with Gasteiger partial charge in [-0.3, -0.25) is 0 Å². The molecule has 0 fully saturated rings. The van der Waals surface area contributed by atoms with E-state index in [0.717, 1.165) is 33.0 Å². The van der Waals surface area contributed by atoms with Gasteiger partial charge in [-0.25, -0.2) is 4.98 Å². The Morgan fingerprint density at radius 1 is 0.783 bits per heavy atom. The molecule has 0 saturated heterocycles. The van der Waals surface area contributed by atoms with Crippen molar-refractivity contribution in [1.29, 1.82) is 0 Å². The first kappa shape index (κ1) is 14.0. The highest BCUT2D eigenvalue weighted by atomic mass is 35.5. The van der Waals surface area contributed by atoms with Crippen LogP contribution >= 0.6 is 11.6 Å². The van der Waals surface area contributed by atoms with Crippen molar-refractivity contribution in [2.45, 2.75) is 6.54 Å². The first-order chi connectivity index (χ1) is 11.3. The lowest BCUT2D eigenvalue weighted by atomic mass is 10.2. The Bertz CT molecular complexity index is 958. The molecule has 2 nitrogen and oxygen atoms in total. The van der Waals surface area contributed by atoms with E-state index in [2.05, 4.69) is 28.8 Å². The summed E-state index contributed by atoms with van der Waals surface area (Å²) >= 11 is 6.36. The Morgan fingerprint density at radius 2 is 1.48 bits per heavy atom. The summed E-state index contributed by atoms with van der Waals surface area (Å²) in [5, 5.41) is 0.782. The molecule has 4 rings (SSSR count). The molecule has 3 aromatic carbocycles. The summed E-state index contributed by atoms with van der Waals surface area (Å²) in [4.78, 5) is 4.83. The lowest BCUT2D eigenvalue weighted by Gasteiger charge is -2.11. The van der Waals surface area contributed by atoms with Gasteiger partial charge in [0.15, 0.2) is 0 Å². The summed E-state index contributed by atoms with van der Waals surface area (Å²) in [5.41, 5.74) is 4.31. The van der Waals surface area contributed by atoms with Crippen LogP contribution in [-0.2, 0) is 6.54 Å². The van der Waals surface area contributed by atoms with Crippen molar-refractivity contribution in [2.24, 2.45) is 0 Å². The van der Waals surface area contributed by atoms with Crippen LogP contribution in [0, 0.1) is 0 Å². The standard InChI is InChI=1S/C20H15ClN2/c21-17-11-5-4-10-16(17)14-23-19-13-7-6-12-18(19)22-20(23)15-8-2-1-3-9-15/h1-13H,14H2. The summed E-state index contributed by atoms with van der Waals surface area (Å²) in [5.74, 6) is 0.965. The average molecular weight is 319 g/mol. The molecule has 0 aliphatic carbocycles. The number of hydrogen-bond donors (Lipinski definition) is 0. The zero-order valence-electron chi connectivity index (χ0n) is 12.5. The van der Waals surface area contributed by atoms with Gasteiger partial charge in [0.05, 0.1) is 17.6 Å². The predicted octanol–water partition coefficient (Wildman–Crippen LogP) is 5.41. The first-order valence-corrected chi connectivity index (χ1v) is 7.95. The summed E-state index contributed by atoms with van der Waals surface area (Å²) in [6.07, 6.45) is 0. The maximum absolute atomic E-state index is 6.36. The minimum Gasteiger partial charge on any atom is -0.319 e. The summed E-state index contributed by atoms with van der Waals surface area (Å²) in [6, 6.07) is 26.4. The molecule has 0 saturated carbocycles. The number of nitrogens with zero attached hydrogens (tertiary/aromatic N) is 2. The van der Waals surface area contributed by atoms with Crippen LogP contribution in [0.4, 0.5) is 0 Å². The maximum Gasteiger partial charge on any atom is 0.141 e. The molecule has 0 aliphatic heterocycles. The van der Waals surface area contributed by atoms with E-state index >= 15 is 0 Å². The first-order valence-electron chi connectivity index (χ1n) is 7.57. The molecule has 0 aliphatic rings. The van der Waals surface area contributed by atoms with Gasteiger partial charge in [0, 0.05) is 10.6 Å². The van der Waals surface area contributed by atoms with Crippen molar-refractivity contribution in [3.05, 3.63) is 89.4 Å². The van der Waals surface area contributed by atoms with E-state index in [1.54, 1.807) is 0 Å². The molecule has 0 bridgehead atoms. The van der Waals surface area contributed by atoms with Gasteiger partial charge in [-0.15, -0.1) is 0 Å². The fourth-order valence-corrected chi connectivity index (χ4v) is 3.04. The zero-order valence-corrected chi connectivity index (χ0v) is 13.2. The molecule has 3 heteroatoms. The summed E-state index contributed by atoms with van der Waals surface area (Å²) in [7, 11) is 0. The van der Waals surface area contributed by atoms with E-state index in [9.17, 15) is 0 Å². The normalized spacial score (nSPS) is 11.0. The molecule has 1 heterocycles. The van der Waals surface area contributed by atoms with Crippen molar-refractivity contribution in [3.8, 4) is 11.4 Å². The lowest BCUT2D eigenvalue weighted by molar-refractivity contribution is 0.834. The van der Waals surface area contributed by atoms with Gasteiger partial charge in [-0.1, -0.05) is 72.3 Å². The highest BCUT2D eigenvalue weighted by molar-refractivity contribution is 6.31. The van der Waals surface area contributed by atoms with Crippen molar-refractivity contribution in [3.63, 3.8) is 0 Å². The quantitative estimate of drug-likeness (QED) is 0.494. The minimum atomic E-state index is 0.699. The number of hydrogen-bond acceptors (Lipinski definition) is 1. The van der Waals surface area contributed by atoms with Crippen LogP contribution in [0.25, 0.3) is 22.4 Å². The smallest absolute Gasteiger partial charge is 0.141 e. The SMILES string of the molecule is Clc1ccccc1Cn1c(-c2ccccc2)nc2ccccc21. The van der Waals surface area contributed by atoms with Gasteiger partial charge in [0.2, 0.25) is 0 Å². The number of para-hydroxylation sites is 2. The molecule has 4 aromatic rings. The third-order valence-corrected chi connectivity index (χ3v) is 4.34. The Hall–Kier alpha value is -2.58. The van der Waals surface area contributed by atoms with E-state index in [4.69, 9.17) is 16.6 Å². The van der Waals surface area contributed by atoms with Crippen LogP contribution in [-0.4, -0.2) is 9.55 Å². The van der Waals surface area contributed by atoms with Gasteiger partial charge < -0.3 is 4.57 Å². The molecular formula is C20H15ClN2. The van der Waals surface area contributed by atoms with Crippen LogP contribution in [0.15, 0.2) is 78.9 Å². The van der Waals surface area contributed by atoms with Crippen molar-refractivity contribution < 1.29 is 0 Å². The van der Waals surface area contributed by atoms with Gasteiger partial charge in [-0.2, -0.15) is 0 Å². The molecule has 0 unspecified atom stereocenters. The number of aromatic nitrogens is 2. The van der Waals surface area contributed by atoms with Crippen molar-refractivity contribution >= 4 is 22.6 Å². The Balaban J connectivity index is 1.92. The maximum atomic E-state index is 6.36. The molecule has 0 amide bonds. The minimum absolute atomic E-state index is 0.699. The third kappa shape index (κ3) is 2.62. The number of halogens is 1. The topological polar surface area (TPSA) is 17.8 Å². The number of rotatable bonds is 3.